The average Bonchev–Trinajstić information content (AvgIpc) is 1.38. The molecule has 0 rings (SSSR count). The number of hydrogen-bond acceptors (Lipinski definition) is 1. The van der Waals surface area contributed by atoms with E-state index >= 15 is 0 Å². The SMILES string of the molecule is CN(C)[SiH]=O.[Ti]. The number of rotatable bonds is 1. The molecular formula is C2H7NOSiTi. The third-order valence-electron chi connectivity index (χ3n) is 0.211. The van der Waals surface area contributed by atoms with Crippen molar-refractivity contribution in [3.8, 4) is 0 Å². The molecule has 0 bridgehead atoms. The quantitative estimate of drug-likeness (QED) is 0.443. The van der Waals surface area contributed by atoms with Crippen molar-refractivity contribution in [3.05, 3.63) is 0 Å². The van der Waals surface area contributed by atoms with E-state index in [1.807, 2.05) is 0 Å². The van der Waals surface area contributed by atoms with E-state index in [-0.39, 0.29) is 21.7 Å². The maximum atomic E-state index is 9.64. The number of nitrogens with zero attached hydrogens (tertiary/aromatic N) is 1. The fraction of sp³-hybridized carbons (Fsp3) is 1.00. The van der Waals surface area contributed by atoms with E-state index < -0.39 is 9.57 Å². The van der Waals surface area contributed by atoms with Gasteiger partial charge in [-0.1, -0.05) is 0 Å². The Bertz CT molecular complexity index is 40.5. The van der Waals surface area contributed by atoms with Crippen LogP contribution < -0.4 is 0 Å². The van der Waals surface area contributed by atoms with Gasteiger partial charge >= 0.3 is 9.57 Å². The van der Waals surface area contributed by atoms with Crippen LogP contribution in [0.5, 0.6) is 0 Å². The molecule has 0 amide bonds. The zero-order chi connectivity index (χ0) is 4.28. The van der Waals surface area contributed by atoms with Crippen molar-refractivity contribution >= 4 is 9.57 Å². The van der Waals surface area contributed by atoms with Crippen LogP contribution in [0.3, 0.4) is 0 Å². The predicted octanol–water partition coefficient (Wildman–Crippen LogP) is -0.758. The molecule has 0 aromatic carbocycles. The van der Waals surface area contributed by atoms with Crippen LogP contribution in [0, 0.1) is 0 Å². The van der Waals surface area contributed by atoms with Crippen LogP contribution in [0.15, 0.2) is 0 Å². The first-order valence-electron chi connectivity index (χ1n) is 1.39. The summed E-state index contributed by atoms with van der Waals surface area (Å²) in [5.74, 6) is 0. The Morgan fingerprint density at radius 1 is 1.50 bits per heavy atom. The Labute approximate surface area is 54.8 Å². The minimum Gasteiger partial charge on any atom is -0.385 e. The van der Waals surface area contributed by atoms with Gasteiger partial charge in [-0.2, -0.15) is 0 Å². The fourth-order valence-electron chi connectivity index (χ4n) is 0. The van der Waals surface area contributed by atoms with Gasteiger partial charge in [0.2, 0.25) is 0 Å². The van der Waals surface area contributed by atoms with Crippen molar-refractivity contribution in [2.24, 2.45) is 0 Å². The van der Waals surface area contributed by atoms with Crippen molar-refractivity contribution in [1.29, 1.82) is 0 Å². The van der Waals surface area contributed by atoms with Gasteiger partial charge in [0.1, 0.15) is 0 Å². The first-order chi connectivity index (χ1) is 2.27. The number of hydrogen-bond donors (Lipinski definition) is 0. The molecule has 0 heterocycles. The first-order valence-corrected chi connectivity index (χ1v) is 2.38. The molecule has 0 saturated heterocycles. The van der Waals surface area contributed by atoms with Crippen LogP contribution in [0.2, 0.25) is 0 Å². The summed E-state index contributed by atoms with van der Waals surface area (Å²) in [5.41, 5.74) is 0. The fourth-order valence-corrected chi connectivity index (χ4v) is 0. The maximum Gasteiger partial charge on any atom is 0.378 e. The molecule has 0 radical (unpaired) electrons. The Morgan fingerprint density at radius 2 is 1.67 bits per heavy atom. The van der Waals surface area contributed by atoms with Gasteiger partial charge in [-0.3, -0.25) is 0 Å². The normalized spacial score (nSPS) is 5.67. The molecule has 0 N–H and O–H groups in total. The molecule has 0 fully saturated rings. The average molecular weight is 137 g/mol. The molecule has 0 atom stereocenters. The van der Waals surface area contributed by atoms with Crippen molar-refractivity contribution in [1.82, 2.24) is 4.57 Å². The molecule has 0 spiro atoms. The molecule has 0 aromatic rings. The van der Waals surface area contributed by atoms with E-state index in [0.717, 1.165) is 0 Å². The monoisotopic (exact) mass is 137 g/mol. The van der Waals surface area contributed by atoms with E-state index in [1.165, 1.54) is 0 Å². The van der Waals surface area contributed by atoms with Gasteiger partial charge in [0, 0.05) is 21.7 Å². The van der Waals surface area contributed by atoms with E-state index in [2.05, 4.69) is 0 Å². The summed E-state index contributed by atoms with van der Waals surface area (Å²) in [7, 11) is 2.87. The van der Waals surface area contributed by atoms with Crippen LogP contribution in [0.25, 0.3) is 0 Å². The van der Waals surface area contributed by atoms with Crippen LogP contribution >= 0.6 is 0 Å². The van der Waals surface area contributed by atoms with E-state index in [4.69, 9.17) is 0 Å². The largest absolute Gasteiger partial charge is 0.385 e. The van der Waals surface area contributed by atoms with Gasteiger partial charge in [-0.15, -0.1) is 0 Å². The van der Waals surface area contributed by atoms with E-state index in [1.54, 1.807) is 18.7 Å². The Kier molecular flexibility index (Phi) is 8.97. The van der Waals surface area contributed by atoms with Gasteiger partial charge in [0.25, 0.3) is 0 Å². The third kappa shape index (κ3) is 8.82. The van der Waals surface area contributed by atoms with Crippen molar-refractivity contribution in [2.75, 3.05) is 14.1 Å². The van der Waals surface area contributed by atoms with Gasteiger partial charge in [-0.05, 0) is 14.1 Å². The summed E-state index contributed by atoms with van der Waals surface area (Å²) in [6.07, 6.45) is 0. The van der Waals surface area contributed by atoms with Gasteiger partial charge < -0.3 is 9.03 Å². The smallest absolute Gasteiger partial charge is 0.378 e. The van der Waals surface area contributed by atoms with Crippen LogP contribution in [-0.4, -0.2) is 28.2 Å². The van der Waals surface area contributed by atoms with Crippen molar-refractivity contribution in [3.63, 3.8) is 0 Å². The second-order valence-electron chi connectivity index (χ2n) is 1.07. The predicted molar refractivity (Wildman–Crippen MR) is 21.5 cm³/mol. The summed E-state index contributed by atoms with van der Waals surface area (Å²) < 4.78 is 11.3. The van der Waals surface area contributed by atoms with Gasteiger partial charge in [-0.25, -0.2) is 0 Å². The molecule has 6 heavy (non-hydrogen) atoms. The van der Waals surface area contributed by atoms with Gasteiger partial charge in [0.15, 0.2) is 0 Å². The molecular weight excluding hydrogens is 130 g/mol. The summed E-state index contributed by atoms with van der Waals surface area (Å²) in [5, 5.41) is 0. The second kappa shape index (κ2) is 5.53. The van der Waals surface area contributed by atoms with Crippen molar-refractivity contribution in [2.45, 2.75) is 0 Å². The minimum atomic E-state index is -0.685. The van der Waals surface area contributed by atoms with Crippen LogP contribution in [-0.2, 0) is 26.2 Å². The summed E-state index contributed by atoms with van der Waals surface area (Å²) in [6.45, 7) is 0. The molecule has 0 aliphatic carbocycles. The third-order valence-corrected chi connectivity index (χ3v) is 0.632. The van der Waals surface area contributed by atoms with Crippen LogP contribution in [0.4, 0.5) is 0 Å². The summed E-state index contributed by atoms with van der Waals surface area (Å²) in [6, 6.07) is 0. The standard InChI is InChI=1S/C2H7NOSi.Ti/c1-3(2)5-4;/h5H,1-2H3;. The van der Waals surface area contributed by atoms with Gasteiger partial charge in [0.05, 0.1) is 0 Å². The first kappa shape index (κ1) is 9.73. The molecule has 0 aliphatic rings. The molecule has 34 valence electrons. The zero-order valence-corrected chi connectivity index (χ0v) is 6.65. The molecule has 0 saturated carbocycles. The van der Waals surface area contributed by atoms with Crippen LogP contribution in [0.1, 0.15) is 0 Å². The molecule has 0 aromatic heterocycles. The second-order valence-corrected chi connectivity index (χ2v) is 2.31. The topological polar surface area (TPSA) is 20.3 Å². The minimum absolute atomic E-state index is 0. The molecule has 4 heteroatoms. The molecule has 0 aliphatic heterocycles. The van der Waals surface area contributed by atoms with E-state index in [9.17, 15) is 4.46 Å². The Hall–Kier alpha value is 0.531. The molecule has 2 nitrogen and oxygen atoms in total. The Balaban J connectivity index is 0. The van der Waals surface area contributed by atoms with E-state index in [0.29, 0.717) is 0 Å². The zero-order valence-electron chi connectivity index (χ0n) is 3.93. The molecule has 0 unspecified atom stereocenters. The maximum absolute atomic E-state index is 9.64. The summed E-state index contributed by atoms with van der Waals surface area (Å²) in [4.78, 5) is 0. The van der Waals surface area contributed by atoms with Crippen molar-refractivity contribution < 1.29 is 26.2 Å². The Morgan fingerprint density at radius 3 is 1.67 bits per heavy atom. The summed E-state index contributed by atoms with van der Waals surface area (Å²) >= 11 is 0.